The Labute approximate surface area is 110 Å². The van der Waals surface area contributed by atoms with Crippen LogP contribution in [0.25, 0.3) is 0 Å². The number of hydrogen-bond acceptors (Lipinski definition) is 2. The second-order valence-electron chi connectivity index (χ2n) is 4.18. The van der Waals surface area contributed by atoms with Gasteiger partial charge in [-0.05, 0) is 36.8 Å². The first-order valence-electron chi connectivity index (χ1n) is 5.97. The quantitative estimate of drug-likeness (QED) is 0.890. The van der Waals surface area contributed by atoms with Gasteiger partial charge in [-0.2, -0.15) is 0 Å². The highest BCUT2D eigenvalue weighted by atomic mass is 19.1. The van der Waals surface area contributed by atoms with Crippen LogP contribution >= 0.6 is 0 Å². The first-order valence-corrected chi connectivity index (χ1v) is 5.97. The van der Waals surface area contributed by atoms with Crippen LogP contribution in [-0.2, 0) is 6.54 Å². The highest BCUT2D eigenvalue weighted by molar-refractivity contribution is 5.74. The van der Waals surface area contributed by atoms with E-state index in [2.05, 4.69) is 10.6 Å². The van der Waals surface area contributed by atoms with Crippen molar-refractivity contribution in [3.05, 3.63) is 59.8 Å². The smallest absolute Gasteiger partial charge is 0.315 e. The summed E-state index contributed by atoms with van der Waals surface area (Å²) in [6.45, 7) is 2.16. The predicted molar refractivity (Wildman–Crippen MR) is 68.9 cm³/mol. The molecule has 0 radical (unpaired) electrons. The molecule has 19 heavy (non-hydrogen) atoms. The summed E-state index contributed by atoms with van der Waals surface area (Å²) >= 11 is 0. The maximum atomic E-state index is 12.8. The Bertz CT molecular complexity index is 523. The molecule has 100 valence electrons. The first kappa shape index (κ1) is 13.1. The van der Waals surface area contributed by atoms with Crippen molar-refractivity contribution < 1.29 is 13.6 Å². The Morgan fingerprint density at radius 3 is 2.68 bits per heavy atom. The fraction of sp³-hybridized carbons (Fsp3) is 0.214. The minimum Gasteiger partial charge on any atom is -0.467 e. The molecule has 0 bridgehead atoms. The number of rotatable bonds is 4. The average molecular weight is 262 g/mol. The zero-order valence-corrected chi connectivity index (χ0v) is 10.5. The van der Waals surface area contributed by atoms with Gasteiger partial charge in [0.05, 0.1) is 18.8 Å². The number of furan rings is 1. The molecule has 0 spiro atoms. The molecule has 1 heterocycles. The third kappa shape index (κ3) is 3.84. The Morgan fingerprint density at radius 2 is 2.05 bits per heavy atom. The molecule has 0 aliphatic rings. The second-order valence-corrected chi connectivity index (χ2v) is 4.18. The van der Waals surface area contributed by atoms with Crippen molar-refractivity contribution in [1.82, 2.24) is 10.6 Å². The van der Waals surface area contributed by atoms with Crippen LogP contribution in [0, 0.1) is 5.82 Å². The van der Waals surface area contributed by atoms with Gasteiger partial charge in [0.15, 0.2) is 0 Å². The number of halogens is 1. The van der Waals surface area contributed by atoms with Gasteiger partial charge in [-0.25, -0.2) is 9.18 Å². The van der Waals surface area contributed by atoms with E-state index in [-0.39, 0.29) is 17.9 Å². The SMILES string of the molecule is CC(NC(=O)NCc1ccco1)c1ccc(F)cc1. The third-order valence-corrected chi connectivity index (χ3v) is 2.72. The van der Waals surface area contributed by atoms with Crippen LogP contribution in [0.5, 0.6) is 0 Å². The molecule has 0 aliphatic heterocycles. The van der Waals surface area contributed by atoms with Gasteiger partial charge in [0.1, 0.15) is 11.6 Å². The fourth-order valence-corrected chi connectivity index (χ4v) is 1.66. The molecule has 2 rings (SSSR count). The second kappa shape index (κ2) is 6.04. The highest BCUT2D eigenvalue weighted by Gasteiger charge is 2.09. The molecule has 2 aromatic rings. The molecule has 1 unspecified atom stereocenters. The largest absolute Gasteiger partial charge is 0.467 e. The van der Waals surface area contributed by atoms with Crippen molar-refractivity contribution in [3.63, 3.8) is 0 Å². The molecule has 0 saturated carbocycles. The Kier molecular flexibility index (Phi) is 4.18. The summed E-state index contributed by atoms with van der Waals surface area (Å²) in [5, 5.41) is 5.44. The lowest BCUT2D eigenvalue weighted by Crippen LogP contribution is -2.36. The maximum absolute atomic E-state index is 12.8. The lowest BCUT2D eigenvalue weighted by Gasteiger charge is -2.14. The number of carbonyl (C=O) groups is 1. The predicted octanol–water partition coefficient (Wildman–Crippen LogP) is 2.98. The number of carbonyl (C=O) groups excluding carboxylic acids is 1. The number of amides is 2. The minimum atomic E-state index is -0.298. The Morgan fingerprint density at radius 1 is 1.32 bits per heavy atom. The van der Waals surface area contributed by atoms with Crippen molar-refractivity contribution in [3.8, 4) is 0 Å². The normalized spacial score (nSPS) is 11.9. The summed E-state index contributed by atoms with van der Waals surface area (Å²) in [5.41, 5.74) is 0.842. The van der Waals surface area contributed by atoms with Crippen LogP contribution in [0.4, 0.5) is 9.18 Å². The summed E-state index contributed by atoms with van der Waals surface area (Å²) in [4.78, 5) is 11.7. The zero-order chi connectivity index (χ0) is 13.7. The molecule has 2 amide bonds. The lowest BCUT2D eigenvalue weighted by molar-refractivity contribution is 0.236. The van der Waals surface area contributed by atoms with Crippen LogP contribution in [-0.4, -0.2) is 6.03 Å². The lowest BCUT2D eigenvalue weighted by atomic mass is 10.1. The van der Waals surface area contributed by atoms with E-state index in [0.29, 0.717) is 12.3 Å². The molecule has 0 aliphatic carbocycles. The van der Waals surface area contributed by atoms with Crippen LogP contribution < -0.4 is 10.6 Å². The molecule has 0 fully saturated rings. The number of nitrogens with one attached hydrogen (secondary N) is 2. The van der Waals surface area contributed by atoms with E-state index < -0.39 is 0 Å². The maximum Gasteiger partial charge on any atom is 0.315 e. The molecule has 2 N–H and O–H groups in total. The van der Waals surface area contributed by atoms with Crippen molar-refractivity contribution >= 4 is 6.03 Å². The van der Waals surface area contributed by atoms with Crippen molar-refractivity contribution in [2.24, 2.45) is 0 Å². The molecule has 5 heteroatoms. The molecular formula is C14H15FN2O2. The minimum absolute atomic E-state index is 0.197. The van der Waals surface area contributed by atoms with Gasteiger partial charge in [0.2, 0.25) is 0 Å². The van der Waals surface area contributed by atoms with E-state index >= 15 is 0 Å². The number of hydrogen-bond donors (Lipinski definition) is 2. The van der Waals surface area contributed by atoms with Crippen LogP contribution in [0.3, 0.4) is 0 Å². The van der Waals surface area contributed by atoms with E-state index in [0.717, 1.165) is 5.56 Å². The summed E-state index contributed by atoms with van der Waals surface area (Å²) in [6, 6.07) is 9.08. The van der Waals surface area contributed by atoms with Gasteiger partial charge in [-0.3, -0.25) is 0 Å². The van der Waals surface area contributed by atoms with E-state index in [1.807, 2.05) is 6.92 Å². The summed E-state index contributed by atoms with van der Waals surface area (Å²) in [7, 11) is 0. The van der Waals surface area contributed by atoms with Crippen molar-refractivity contribution in [2.75, 3.05) is 0 Å². The molecule has 1 atom stereocenters. The summed E-state index contributed by atoms with van der Waals surface area (Å²) in [6.07, 6.45) is 1.55. The topological polar surface area (TPSA) is 54.3 Å². The van der Waals surface area contributed by atoms with Gasteiger partial charge < -0.3 is 15.1 Å². The zero-order valence-electron chi connectivity index (χ0n) is 10.5. The van der Waals surface area contributed by atoms with Crippen LogP contribution in [0.15, 0.2) is 47.1 Å². The van der Waals surface area contributed by atoms with E-state index in [9.17, 15) is 9.18 Å². The van der Waals surface area contributed by atoms with Crippen molar-refractivity contribution in [1.29, 1.82) is 0 Å². The average Bonchev–Trinajstić information content (AvgIpc) is 2.90. The standard InChI is InChI=1S/C14H15FN2O2/c1-10(11-4-6-12(15)7-5-11)17-14(18)16-9-13-3-2-8-19-13/h2-8,10H,9H2,1H3,(H2,16,17,18). The molecule has 1 aromatic carbocycles. The molecule has 0 saturated heterocycles. The van der Waals surface area contributed by atoms with Crippen LogP contribution in [0.2, 0.25) is 0 Å². The summed E-state index contributed by atoms with van der Waals surface area (Å²) < 4.78 is 17.9. The first-order chi connectivity index (χ1) is 9.15. The monoisotopic (exact) mass is 262 g/mol. The van der Waals surface area contributed by atoms with Gasteiger partial charge in [-0.1, -0.05) is 12.1 Å². The van der Waals surface area contributed by atoms with E-state index in [1.165, 1.54) is 12.1 Å². The van der Waals surface area contributed by atoms with Crippen LogP contribution in [0.1, 0.15) is 24.3 Å². The van der Waals surface area contributed by atoms with E-state index in [4.69, 9.17) is 4.42 Å². The van der Waals surface area contributed by atoms with Gasteiger partial charge >= 0.3 is 6.03 Å². The summed E-state index contributed by atoms with van der Waals surface area (Å²) in [5.74, 6) is 0.391. The highest BCUT2D eigenvalue weighted by Crippen LogP contribution is 2.12. The van der Waals surface area contributed by atoms with Gasteiger partial charge in [0, 0.05) is 0 Å². The Balaban J connectivity index is 1.83. The molecular weight excluding hydrogens is 247 g/mol. The number of urea groups is 1. The van der Waals surface area contributed by atoms with Gasteiger partial charge in [-0.15, -0.1) is 0 Å². The third-order valence-electron chi connectivity index (χ3n) is 2.72. The van der Waals surface area contributed by atoms with Gasteiger partial charge in [0.25, 0.3) is 0 Å². The Hall–Kier alpha value is -2.30. The van der Waals surface area contributed by atoms with Crippen molar-refractivity contribution in [2.45, 2.75) is 19.5 Å². The van der Waals surface area contributed by atoms with E-state index in [1.54, 1.807) is 30.5 Å². The molecule has 4 nitrogen and oxygen atoms in total. The fourth-order valence-electron chi connectivity index (χ4n) is 1.66. The number of benzene rings is 1. The molecule has 1 aromatic heterocycles.